The molecule has 130 valence electrons. The van der Waals surface area contributed by atoms with E-state index in [-0.39, 0.29) is 0 Å². The van der Waals surface area contributed by atoms with Crippen LogP contribution in [0.2, 0.25) is 0 Å². The number of hydrogen-bond acceptors (Lipinski definition) is 5. The first-order valence-electron chi connectivity index (χ1n) is 7.74. The Morgan fingerprint density at radius 3 is 1.54 bits per heavy atom. The van der Waals surface area contributed by atoms with Crippen LogP contribution in [0.25, 0.3) is 12.2 Å². The van der Waals surface area contributed by atoms with Crippen molar-refractivity contribution >= 4 is 24.1 Å². The van der Waals surface area contributed by atoms with E-state index >= 15 is 0 Å². The highest BCUT2D eigenvalue weighted by Crippen LogP contribution is 2.10. The second-order valence-electron chi connectivity index (χ2n) is 7.22. The van der Waals surface area contributed by atoms with Gasteiger partial charge in [-0.25, -0.2) is 14.6 Å². The van der Waals surface area contributed by atoms with Gasteiger partial charge in [0.25, 0.3) is 0 Å². The third-order valence-electron chi connectivity index (χ3n) is 2.39. The van der Waals surface area contributed by atoms with Gasteiger partial charge < -0.3 is 9.47 Å². The molecule has 5 heteroatoms. The number of esters is 2. The molecule has 0 radical (unpaired) electrons. The van der Waals surface area contributed by atoms with Crippen molar-refractivity contribution in [1.82, 2.24) is 4.98 Å². The number of hydrogen-bond donors (Lipinski definition) is 0. The largest absolute Gasteiger partial charge is 0.457 e. The van der Waals surface area contributed by atoms with E-state index in [9.17, 15) is 9.59 Å². The van der Waals surface area contributed by atoms with Crippen molar-refractivity contribution in [2.24, 2.45) is 0 Å². The van der Waals surface area contributed by atoms with Crippen LogP contribution in [0.3, 0.4) is 0 Å². The van der Waals surface area contributed by atoms with Crippen molar-refractivity contribution in [2.75, 3.05) is 0 Å². The molecule has 1 heterocycles. The third kappa shape index (κ3) is 8.88. The van der Waals surface area contributed by atoms with Crippen LogP contribution < -0.4 is 0 Å². The molecule has 0 spiro atoms. The quantitative estimate of drug-likeness (QED) is 0.620. The molecular weight excluding hydrogens is 306 g/mol. The fraction of sp³-hybridized carbons (Fsp3) is 0.421. The van der Waals surface area contributed by atoms with Crippen LogP contribution in [0.15, 0.2) is 30.4 Å². The van der Waals surface area contributed by atoms with Gasteiger partial charge in [0.1, 0.15) is 11.2 Å². The lowest BCUT2D eigenvalue weighted by Gasteiger charge is -2.17. The van der Waals surface area contributed by atoms with Gasteiger partial charge in [0.15, 0.2) is 0 Å². The van der Waals surface area contributed by atoms with E-state index in [0.29, 0.717) is 11.4 Å². The summed E-state index contributed by atoms with van der Waals surface area (Å²) in [6.45, 7) is 10.8. The van der Waals surface area contributed by atoms with E-state index in [1.807, 2.05) is 0 Å². The van der Waals surface area contributed by atoms with Gasteiger partial charge in [0, 0.05) is 12.2 Å². The Hall–Kier alpha value is -2.43. The maximum Gasteiger partial charge on any atom is 0.331 e. The molecule has 24 heavy (non-hydrogen) atoms. The van der Waals surface area contributed by atoms with Crippen LogP contribution in [-0.2, 0) is 19.1 Å². The number of nitrogens with zero attached hydrogens (tertiary/aromatic N) is 1. The Balaban J connectivity index is 2.73. The zero-order valence-electron chi connectivity index (χ0n) is 15.1. The van der Waals surface area contributed by atoms with Crippen LogP contribution in [0.4, 0.5) is 0 Å². The Kier molecular flexibility index (Phi) is 6.46. The lowest BCUT2D eigenvalue weighted by atomic mass is 10.2. The number of pyridine rings is 1. The summed E-state index contributed by atoms with van der Waals surface area (Å²) in [6, 6.07) is 5.30. The number of rotatable bonds is 4. The highest BCUT2D eigenvalue weighted by Gasteiger charge is 2.14. The van der Waals surface area contributed by atoms with Gasteiger partial charge in [-0.15, -0.1) is 0 Å². The molecular formula is C19H25NO4. The summed E-state index contributed by atoms with van der Waals surface area (Å²) in [5, 5.41) is 0. The maximum absolute atomic E-state index is 11.7. The molecule has 0 bridgehead atoms. The Bertz CT molecular complexity index is 593. The summed E-state index contributed by atoms with van der Waals surface area (Å²) in [6.07, 6.45) is 5.79. The summed E-state index contributed by atoms with van der Waals surface area (Å²) in [7, 11) is 0. The van der Waals surface area contributed by atoms with Gasteiger partial charge >= 0.3 is 11.9 Å². The zero-order valence-corrected chi connectivity index (χ0v) is 15.1. The summed E-state index contributed by atoms with van der Waals surface area (Å²) < 4.78 is 10.4. The highest BCUT2D eigenvalue weighted by atomic mass is 16.6. The van der Waals surface area contributed by atoms with Crippen molar-refractivity contribution < 1.29 is 19.1 Å². The molecule has 0 atom stereocenters. The van der Waals surface area contributed by atoms with Gasteiger partial charge in [-0.05, 0) is 65.8 Å². The van der Waals surface area contributed by atoms with E-state index in [1.54, 1.807) is 71.9 Å². The van der Waals surface area contributed by atoms with Gasteiger partial charge in [0.05, 0.1) is 11.4 Å². The molecule has 0 fully saturated rings. The molecule has 1 aromatic rings. The monoisotopic (exact) mass is 331 g/mol. The first-order chi connectivity index (χ1) is 10.9. The van der Waals surface area contributed by atoms with Gasteiger partial charge in [0.2, 0.25) is 0 Å². The third-order valence-corrected chi connectivity index (χ3v) is 2.39. The number of aromatic nitrogens is 1. The normalized spacial score (nSPS) is 12.6. The van der Waals surface area contributed by atoms with Crippen molar-refractivity contribution in [1.29, 1.82) is 0 Å². The first kappa shape index (κ1) is 19.6. The van der Waals surface area contributed by atoms with Gasteiger partial charge in [-0.3, -0.25) is 0 Å². The standard InChI is InChI=1S/C19H25NO4/c1-18(2,3)23-16(21)12-10-14-8-7-9-15(20-14)11-13-17(22)24-19(4,5)6/h7-13H,1-6H3/b12-10+,13-11+. The molecule has 0 saturated heterocycles. The smallest absolute Gasteiger partial charge is 0.331 e. The average molecular weight is 331 g/mol. The lowest BCUT2D eigenvalue weighted by molar-refractivity contribution is -0.149. The summed E-state index contributed by atoms with van der Waals surface area (Å²) in [4.78, 5) is 27.6. The number of ether oxygens (including phenoxy) is 2. The average Bonchev–Trinajstić information content (AvgIpc) is 2.40. The van der Waals surface area contributed by atoms with E-state index in [1.165, 1.54) is 12.2 Å². The van der Waals surface area contributed by atoms with Crippen molar-refractivity contribution in [2.45, 2.75) is 52.7 Å². The Morgan fingerprint density at radius 2 is 1.21 bits per heavy atom. The molecule has 0 unspecified atom stereocenters. The minimum atomic E-state index is -0.535. The topological polar surface area (TPSA) is 65.5 Å². The number of carbonyl (C=O) groups excluding carboxylic acids is 2. The summed E-state index contributed by atoms with van der Waals surface area (Å²) in [5.41, 5.74) is 0.110. The molecule has 0 N–H and O–H groups in total. The second kappa shape index (κ2) is 7.90. The minimum Gasteiger partial charge on any atom is -0.457 e. The minimum absolute atomic E-state index is 0.431. The van der Waals surface area contributed by atoms with Crippen LogP contribution in [-0.4, -0.2) is 28.1 Å². The Morgan fingerprint density at radius 1 is 0.833 bits per heavy atom. The Labute approximate surface area is 143 Å². The highest BCUT2D eigenvalue weighted by molar-refractivity contribution is 5.88. The first-order valence-corrected chi connectivity index (χ1v) is 7.74. The molecule has 0 aliphatic rings. The molecule has 1 aromatic heterocycles. The molecule has 5 nitrogen and oxygen atoms in total. The fourth-order valence-electron chi connectivity index (χ4n) is 1.63. The van der Waals surface area contributed by atoms with E-state index in [0.717, 1.165) is 0 Å². The number of carbonyl (C=O) groups is 2. The van der Waals surface area contributed by atoms with Crippen LogP contribution in [0.1, 0.15) is 52.9 Å². The van der Waals surface area contributed by atoms with Crippen molar-refractivity contribution in [3.8, 4) is 0 Å². The van der Waals surface area contributed by atoms with Gasteiger partial charge in [-0.2, -0.15) is 0 Å². The van der Waals surface area contributed by atoms with Crippen LogP contribution >= 0.6 is 0 Å². The predicted octanol–water partition coefficient (Wildman–Crippen LogP) is 3.79. The van der Waals surface area contributed by atoms with Crippen LogP contribution in [0.5, 0.6) is 0 Å². The fourth-order valence-corrected chi connectivity index (χ4v) is 1.63. The second-order valence-corrected chi connectivity index (χ2v) is 7.22. The molecule has 0 aromatic carbocycles. The molecule has 0 aliphatic carbocycles. The predicted molar refractivity (Wildman–Crippen MR) is 94.0 cm³/mol. The molecule has 0 amide bonds. The van der Waals surface area contributed by atoms with Gasteiger partial charge in [-0.1, -0.05) is 6.07 Å². The molecule has 0 saturated carbocycles. The van der Waals surface area contributed by atoms with Crippen molar-refractivity contribution in [3.63, 3.8) is 0 Å². The summed E-state index contributed by atoms with van der Waals surface area (Å²) >= 11 is 0. The SMILES string of the molecule is CC(C)(C)OC(=O)/C=C/c1cccc(/C=C/C(=O)OC(C)(C)C)n1. The lowest BCUT2D eigenvalue weighted by Crippen LogP contribution is -2.22. The van der Waals surface area contributed by atoms with Crippen molar-refractivity contribution in [3.05, 3.63) is 41.7 Å². The van der Waals surface area contributed by atoms with E-state index in [4.69, 9.17) is 9.47 Å². The maximum atomic E-state index is 11.7. The van der Waals surface area contributed by atoms with E-state index < -0.39 is 23.1 Å². The summed E-state index contributed by atoms with van der Waals surface area (Å²) in [5.74, 6) is -0.863. The zero-order chi connectivity index (χ0) is 18.4. The van der Waals surface area contributed by atoms with E-state index in [2.05, 4.69) is 4.98 Å². The molecule has 1 rings (SSSR count). The van der Waals surface area contributed by atoms with Crippen LogP contribution in [0, 0.1) is 0 Å². The molecule has 0 aliphatic heterocycles.